The molecule has 0 bridgehead atoms. The van der Waals surface area contributed by atoms with E-state index < -0.39 is 10.0 Å². The smallest absolute Gasteiger partial charge is 0.262 e. The summed E-state index contributed by atoms with van der Waals surface area (Å²) >= 11 is 0. The molecule has 7 nitrogen and oxygen atoms in total. The molecule has 1 N–H and O–H groups in total. The molecule has 8 heteroatoms. The SMILES string of the molecule is CCOc1cncc(NS(=O)(=O)c2ccccc2C(=O)N2CCCC(C)(C)C2)c1. The van der Waals surface area contributed by atoms with Gasteiger partial charge in [-0.3, -0.25) is 14.5 Å². The Balaban J connectivity index is 1.89. The van der Waals surface area contributed by atoms with Gasteiger partial charge in [-0.15, -0.1) is 0 Å². The number of amides is 1. The van der Waals surface area contributed by atoms with Gasteiger partial charge in [0.1, 0.15) is 10.6 Å². The van der Waals surface area contributed by atoms with E-state index in [0.717, 1.165) is 12.8 Å². The Kier molecular flexibility index (Phi) is 6.12. The molecule has 0 spiro atoms. The highest BCUT2D eigenvalue weighted by atomic mass is 32.2. The highest BCUT2D eigenvalue weighted by Gasteiger charge is 2.32. The van der Waals surface area contributed by atoms with E-state index in [0.29, 0.717) is 25.4 Å². The third-order valence-corrected chi connectivity index (χ3v) is 6.31. The molecule has 2 heterocycles. The molecule has 1 aromatic heterocycles. The third-order valence-electron chi connectivity index (χ3n) is 4.87. The molecule has 0 saturated carbocycles. The number of pyridine rings is 1. The van der Waals surface area contributed by atoms with Gasteiger partial charge in [-0.2, -0.15) is 0 Å². The summed E-state index contributed by atoms with van der Waals surface area (Å²) in [4.78, 5) is 18.8. The van der Waals surface area contributed by atoms with Gasteiger partial charge in [0, 0.05) is 19.2 Å². The van der Waals surface area contributed by atoms with Gasteiger partial charge in [-0.1, -0.05) is 26.0 Å². The van der Waals surface area contributed by atoms with Crippen LogP contribution in [0, 0.1) is 5.41 Å². The summed E-state index contributed by atoms with van der Waals surface area (Å²) in [7, 11) is -3.98. The predicted molar refractivity (Wildman–Crippen MR) is 112 cm³/mol. The summed E-state index contributed by atoms with van der Waals surface area (Å²) in [5, 5.41) is 0. The average Bonchev–Trinajstić information content (AvgIpc) is 2.67. The molecule has 0 unspecified atom stereocenters. The Hall–Kier alpha value is -2.61. The van der Waals surface area contributed by atoms with Crippen LogP contribution in [0.1, 0.15) is 44.0 Å². The van der Waals surface area contributed by atoms with Crippen molar-refractivity contribution in [1.29, 1.82) is 0 Å². The van der Waals surface area contributed by atoms with E-state index in [2.05, 4.69) is 23.6 Å². The zero-order valence-electron chi connectivity index (χ0n) is 17.0. The molecule has 1 saturated heterocycles. The minimum Gasteiger partial charge on any atom is -0.492 e. The van der Waals surface area contributed by atoms with Gasteiger partial charge in [0.05, 0.1) is 30.3 Å². The number of anilines is 1. The Morgan fingerprint density at radius 2 is 2.03 bits per heavy atom. The Bertz CT molecular complexity index is 989. The number of carbonyl (C=O) groups is 1. The number of hydrogen-bond donors (Lipinski definition) is 1. The second-order valence-electron chi connectivity index (χ2n) is 7.94. The topological polar surface area (TPSA) is 88.6 Å². The summed E-state index contributed by atoms with van der Waals surface area (Å²) in [6.45, 7) is 7.75. The zero-order chi connectivity index (χ0) is 21.1. The molecule has 0 radical (unpaired) electrons. The number of nitrogens with zero attached hydrogens (tertiary/aromatic N) is 2. The number of nitrogens with one attached hydrogen (secondary N) is 1. The number of hydrogen-bond acceptors (Lipinski definition) is 5. The summed E-state index contributed by atoms with van der Waals surface area (Å²) in [6.07, 6.45) is 4.86. The number of carbonyl (C=O) groups excluding carboxylic acids is 1. The summed E-state index contributed by atoms with van der Waals surface area (Å²) < 4.78 is 34.0. The van der Waals surface area contributed by atoms with Crippen molar-refractivity contribution in [2.24, 2.45) is 5.41 Å². The Morgan fingerprint density at radius 1 is 1.28 bits per heavy atom. The lowest BCUT2D eigenvalue weighted by Crippen LogP contribution is -2.44. The maximum atomic E-state index is 13.1. The van der Waals surface area contributed by atoms with Crippen molar-refractivity contribution in [1.82, 2.24) is 9.88 Å². The van der Waals surface area contributed by atoms with Crippen LogP contribution in [0.2, 0.25) is 0 Å². The Morgan fingerprint density at radius 3 is 2.76 bits per heavy atom. The number of ether oxygens (including phenoxy) is 1. The van der Waals surface area contributed by atoms with Crippen molar-refractivity contribution in [3.05, 3.63) is 48.3 Å². The maximum Gasteiger partial charge on any atom is 0.262 e. The lowest BCUT2D eigenvalue weighted by atomic mass is 9.84. The van der Waals surface area contributed by atoms with Crippen LogP contribution in [-0.2, 0) is 10.0 Å². The van der Waals surface area contributed by atoms with Crippen molar-refractivity contribution >= 4 is 21.6 Å². The largest absolute Gasteiger partial charge is 0.492 e. The van der Waals surface area contributed by atoms with Crippen LogP contribution in [0.5, 0.6) is 5.75 Å². The molecule has 156 valence electrons. The van der Waals surface area contributed by atoms with Crippen molar-refractivity contribution < 1.29 is 17.9 Å². The first kappa shape index (κ1) is 21.1. The van der Waals surface area contributed by atoms with Gasteiger partial charge in [0.2, 0.25) is 0 Å². The van der Waals surface area contributed by atoms with E-state index >= 15 is 0 Å². The van der Waals surface area contributed by atoms with Crippen molar-refractivity contribution in [3.8, 4) is 5.75 Å². The molecule has 0 aliphatic carbocycles. The molecule has 1 fully saturated rings. The van der Waals surface area contributed by atoms with Gasteiger partial charge in [-0.25, -0.2) is 8.42 Å². The van der Waals surface area contributed by atoms with Crippen LogP contribution in [0.25, 0.3) is 0 Å². The number of likely N-dealkylation sites (tertiary alicyclic amines) is 1. The molecule has 1 aliphatic rings. The predicted octanol–water partition coefficient (Wildman–Crippen LogP) is 3.54. The first-order valence-electron chi connectivity index (χ1n) is 9.71. The number of aromatic nitrogens is 1. The van der Waals surface area contributed by atoms with Crippen LogP contribution >= 0.6 is 0 Å². The van der Waals surface area contributed by atoms with E-state index in [1.807, 2.05) is 6.92 Å². The Labute approximate surface area is 172 Å². The third kappa shape index (κ3) is 5.06. The van der Waals surface area contributed by atoms with E-state index in [9.17, 15) is 13.2 Å². The van der Waals surface area contributed by atoms with Crippen LogP contribution in [0.4, 0.5) is 5.69 Å². The number of rotatable bonds is 6. The maximum absolute atomic E-state index is 13.1. The lowest BCUT2D eigenvalue weighted by molar-refractivity contribution is 0.0579. The van der Waals surface area contributed by atoms with Gasteiger partial charge < -0.3 is 9.64 Å². The second-order valence-corrected chi connectivity index (χ2v) is 9.59. The van der Waals surface area contributed by atoms with Crippen molar-refractivity contribution in [3.63, 3.8) is 0 Å². The van der Waals surface area contributed by atoms with Crippen LogP contribution in [0.3, 0.4) is 0 Å². The fourth-order valence-corrected chi connectivity index (χ4v) is 4.81. The highest BCUT2D eigenvalue weighted by molar-refractivity contribution is 7.92. The molecule has 0 atom stereocenters. The van der Waals surface area contributed by atoms with Gasteiger partial charge >= 0.3 is 0 Å². The summed E-state index contributed by atoms with van der Waals surface area (Å²) in [5.41, 5.74) is 0.467. The summed E-state index contributed by atoms with van der Waals surface area (Å²) in [5.74, 6) is 0.201. The molecule has 2 aromatic rings. The standard InChI is InChI=1S/C21H27N3O4S/c1-4-28-17-12-16(13-22-14-17)23-29(26,27)19-9-6-5-8-18(19)20(25)24-11-7-10-21(2,3)15-24/h5-6,8-9,12-14,23H,4,7,10-11,15H2,1-3H3. The number of piperidine rings is 1. The highest BCUT2D eigenvalue weighted by Crippen LogP contribution is 2.30. The van der Waals surface area contributed by atoms with Crippen molar-refractivity contribution in [2.75, 3.05) is 24.4 Å². The normalized spacial score (nSPS) is 16.3. The fourth-order valence-electron chi connectivity index (χ4n) is 3.57. The van der Waals surface area contributed by atoms with E-state index in [4.69, 9.17) is 4.74 Å². The molecule has 1 amide bonds. The van der Waals surface area contributed by atoms with E-state index in [-0.39, 0.29) is 27.5 Å². The molecule has 29 heavy (non-hydrogen) atoms. The van der Waals surface area contributed by atoms with Crippen LogP contribution in [-0.4, -0.2) is 43.9 Å². The zero-order valence-corrected chi connectivity index (χ0v) is 17.8. The number of benzene rings is 1. The lowest BCUT2D eigenvalue weighted by Gasteiger charge is -2.38. The quantitative estimate of drug-likeness (QED) is 0.777. The second kappa shape index (κ2) is 8.41. The number of sulfonamides is 1. The minimum absolute atomic E-state index is 0.0192. The molecular weight excluding hydrogens is 390 g/mol. The van der Waals surface area contributed by atoms with Gasteiger partial charge in [-0.05, 0) is 37.3 Å². The summed E-state index contributed by atoms with van der Waals surface area (Å²) in [6, 6.07) is 7.86. The fraction of sp³-hybridized carbons (Fsp3) is 0.429. The first-order chi connectivity index (χ1) is 13.7. The van der Waals surface area contributed by atoms with Gasteiger partial charge in [0.25, 0.3) is 15.9 Å². The first-order valence-corrected chi connectivity index (χ1v) is 11.2. The van der Waals surface area contributed by atoms with Crippen molar-refractivity contribution in [2.45, 2.75) is 38.5 Å². The van der Waals surface area contributed by atoms with Gasteiger partial charge in [0.15, 0.2) is 0 Å². The average molecular weight is 418 g/mol. The molecular formula is C21H27N3O4S. The van der Waals surface area contributed by atoms with Crippen LogP contribution < -0.4 is 9.46 Å². The molecule has 3 rings (SSSR count). The minimum atomic E-state index is -3.98. The van der Waals surface area contributed by atoms with E-state index in [1.165, 1.54) is 18.5 Å². The molecule has 1 aliphatic heterocycles. The van der Waals surface area contributed by atoms with Crippen LogP contribution in [0.15, 0.2) is 47.6 Å². The van der Waals surface area contributed by atoms with E-state index in [1.54, 1.807) is 29.2 Å². The molecule has 1 aromatic carbocycles. The monoisotopic (exact) mass is 417 g/mol.